The number of rotatable bonds is 11. The molecule has 4 rings (SSSR count). The SMILES string of the molecule is CCN1C(=O)[C@@H](C2(O)CCCCC2)NC(=O)C12CCN(CCCCOc1ccc(NS(C)(=O)=O)cc1OC)CC2.Cl. The third kappa shape index (κ3) is 7.57. The summed E-state index contributed by atoms with van der Waals surface area (Å²) in [6.07, 6.45) is 7.84. The van der Waals surface area contributed by atoms with Gasteiger partial charge in [0.05, 0.1) is 31.3 Å². The molecule has 3 N–H and O–H groups in total. The van der Waals surface area contributed by atoms with Crippen molar-refractivity contribution in [3.63, 3.8) is 0 Å². The predicted octanol–water partition coefficient (Wildman–Crippen LogP) is 2.52. The molecule has 2 heterocycles. The zero-order valence-electron chi connectivity index (χ0n) is 24.3. The average Bonchev–Trinajstić information content (AvgIpc) is 2.92. The lowest BCUT2D eigenvalue weighted by Gasteiger charge is -2.54. The van der Waals surface area contributed by atoms with Crippen LogP contribution in [0.1, 0.15) is 64.7 Å². The molecule has 3 aliphatic rings. The second-order valence-corrected chi connectivity index (χ2v) is 13.1. The molecule has 3 fully saturated rings. The fraction of sp³-hybridized carbons (Fsp3) is 0.714. The number of piperidine rings is 1. The fourth-order valence-corrected chi connectivity index (χ4v) is 6.97. The van der Waals surface area contributed by atoms with E-state index in [4.69, 9.17) is 9.47 Å². The molecule has 0 unspecified atom stereocenters. The summed E-state index contributed by atoms with van der Waals surface area (Å²) < 4.78 is 36.6. The average molecular weight is 617 g/mol. The maximum absolute atomic E-state index is 13.5. The number of ether oxygens (including phenoxy) is 2. The van der Waals surface area contributed by atoms with Gasteiger partial charge in [-0.1, -0.05) is 19.3 Å². The first-order valence-corrected chi connectivity index (χ1v) is 16.3. The highest BCUT2D eigenvalue weighted by Crippen LogP contribution is 2.38. The first kappa shape index (κ1) is 33.2. The third-order valence-corrected chi connectivity index (χ3v) is 9.18. The molecule has 1 atom stereocenters. The van der Waals surface area contributed by atoms with Crippen molar-refractivity contribution in [3.8, 4) is 11.5 Å². The first-order chi connectivity index (χ1) is 19.0. The number of anilines is 1. The lowest BCUT2D eigenvalue weighted by molar-refractivity contribution is -0.170. The minimum Gasteiger partial charge on any atom is -0.493 e. The molecule has 1 saturated carbocycles. The molecule has 11 nitrogen and oxygen atoms in total. The van der Waals surface area contributed by atoms with Crippen molar-refractivity contribution in [2.24, 2.45) is 0 Å². The number of unbranched alkanes of at least 4 members (excludes halogenated alkanes) is 1. The molecule has 2 aliphatic heterocycles. The molecule has 1 spiro atoms. The van der Waals surface area contributed by atoms with Gasteiger partial charge in [-0.05, 0) is 64.1 Å². The van der Waals surface area contributed by atoms with Gasteiger partial charge in [-0.15, -0.1) is 12.4 Å². The molecule has 0 radical (unpaired) electrons. The Morgan fingerprint density at radius 2 is 1.76 bits per heavy atom. The summed E-state index contributed by atoms with van der Waals surface area (Å²) in [6, 6.07) is 4.05. The molecule has 0 aromatic heterocycles. The van der Waals surface area contributed by atoms with Gasteiger partial charge in [0.15, 0.2) is 11.5 Å². The number of aliphatic hydroxyl groups is 1. The minimum atomic E-state index is -3.38. The summed E-state index contributed by atoms with van der Waals surface area (Å²) in [5.41, 5.74) is -1.59. The number of nitrogens with one attached hydrogen (secondary N) is 2. The Bertz CT molecular complexity index is 1170. The monoisotopic (exact) mass is 616 g/mol. The van der Waals surface area contributed by atoms with Crippen LogP contribution < -0.4 is 19.5 Å². The molecule has 0 bridgehead atoms. The second kappa shape index (κ2) is 13.8. The number of amides is 2. The van der Waals surface area contributed by atoms with Crippen LogP contribution in [0.5, 0.6) is 11.5 Å². The van der Waals surface area contributed by atoms with E-state index in [1.54, 1.807) is 23.1 Å². The number of benzene rings is 1. The Kier molecular flexibility index (Phi) is 11.2. The van der Waals surface area contributed by atoms with Crippen molar-refractivity contribution in [2.75, 3.05) is 50.9 Å². The number of likely N-dealkylation sites (tertiary alicyclic amines) is 1. The normalized spacial score (nSPS) is 22.5. The lowest BCUT2D eigenvalue weighted by Crippen LogP contribution is -2.76. The Morgan fingerprint density at radius 3 is 2.37 bits per heavy atom. The summed E-state index contributed by atoms with van der Waals surface area (Å²) >= 11 is 0. The first-order valence-electron chi connectivity index (χ1n) is 14.4. The van der Waals surface area contributed by atoms with Crippen molar-refractivity contribution in [2.45, 2.75) is 81.9 Å². The van der Waals surface area contributed by atoms with Gasteiger partial charge in [0.1, 0.15) is 11.6 Å². The number of carbonyl (C=O) groups is 2. The van der Waals surface area contributed by atoms with Gasteiger partial charge in [-0.25, -0.2) is 8.42 Å². The van der Waals surface area contributed by atoms with Crippen LogP contribution in [0.2, 0.25) is 0 Å². The summed E-state index contributed by atoms with van der Waals surface area (Å²) in [5.74, 6) is 0.726. The van der Waals surface area contributed by atoms with Crippen LogP contribution in [0.4, 0.5) is 5.69 Å². The van der Waals surface area contributed by atoms with Gasteiger partial charge in [0.2, 0.25) is 21.8 Å². The lowest BCUT2D eigenvalue weighted by atomic mass is 9.74. The van der Waals surface area contributed by atoms with E-state index >= 15 is 0 Å². The van der Waals surface area contributed by atoms with Crippen LogP contribution in [0.25, 0.3) is 0 Å². The molecular formula is C28H45ClN4O7S. The standard InChI is InChI=1S/C28H44N4O7S.ClH/c1-4-32-25(33)24(28(35)12-6-5-7-13-28)29-26(34)27(32)14-17-31(18-15-27)16-8-9-19-39-22-11-10-21(20-23(22)38-2)30-40(3,36)37;/h10-11,20,24,30,35H,4-9,12-19H2,1-3H3,(H,29,34);1H/t24-;/m0./s1. The number of hydrogen-bond acceptors (Lipinski definition) is 8. The van der Waals surface area contributed by atoms with Crippen LogP contribution in [0.15, 0.2) is 18.2 Å². The Morgan fingerprint density at radius 1 is 1.07 bits per heavy atom. The number of sulfonamides is 1. The van der Waals surface area contributed by atoms with Gasteiger partial charge >= 0.3 is 0 Å². The van der Waals surface area contributed by atoms with E-state index in [1.165, 1.54) is 7.11 Å². The van der Waals surface area contributed by atoms with Crippen molar-refractivity contribution in [1.29, 1.82) is 0 Å². The van der Waals surface area contributed by atoms with Gasteiger partial charge in [0, 0.05) is 25.7 Å². The number of piperazine rings is 1. The zero-order chi connectivity index (χ0) is 29.0. The van der Waals surface area contributed by atoms with Gasteiger partial charge in [-0.2, -0.15) is 0 Å². The van der Waals surface area contributed by atoms with Gasteiger partial charge in [-0.3, -0.25) is 14.3 Å². The minimum absolute atomic E-state index is 0. The Labute approximate surface area is 249 Å². The largest absolute Gasteiger partial charge is 0.493 e. The summed E-state index contributed by atoms with van der Waals surface area (Å²) in [7, 11) is -1.87. The van der Waals surface area contributed by atoms with Crippen molar-refractivity contribution in [3.05, 3.63) is 18.2 Å². The summed E-state index contributed by atoms with van der Waals surface area (Å²) in [4.78, 5) is 31.1. The number of halogens is 1. The topological polar surface area (TPSA) is 138 Å². The molecule has 1 aromatic carbocycles. The highest BCUT2D eigenvalue weighted by molar-refractivity contribution is 7.92. The Balaban J connectivity index is 0.00000462. The van der Waals surface area contributed by atoms with E-state index in [-0.39, 0.29) is 24.2 Å². The van der Waals surface area contributed by atoms with Gasteiger partial charge < -0.3 is 29.7 Å². The summed E-state index contributed by atoms with van der Waals surface area (Å²) in [6.45, 7) is 5.14. The third-order valence-electron chi connectivity index (χ3n) is 8.58. The Hall–Kier alpha value is -2.28. The van der Waals surface area contributed by atoms with Crippen molar-refractivity contribution in [1.82, 2.24) is 15.1 Å². The zero-order valence-corrected chi connectivity index (χ0v) is 25.9. The molecule has 232 valence electrons. The number of methoxy groups -OCH3 is 1. The quantitative estimate of drug-likeness (QED) is 0.323. The van der Waals surface area contributed by atoms with Crippen LogP contribution >= 0.6 is 12.4 Å². The van der Waals surface area contributed by atoms with Gasteiger partial charge in [0.25, 0.3) is 0 Å². The number of carbonyl (C=O) groups excluding carboxylic acids is 2. The van der Waals surface area contributed by atoms with E-state index in [9.17, 15) is 23.1 Å². The second-order valence-electron chi connectivity index (χ2n) is 11.3. The molecule has 2 saturated heterocycles. The van der Waals surface area contributed by atoms with E-state index in [0.717, 1.165) is 58.0 Å². The van der Waals surface area contributed by atoms with Crippen molar-refractivity contribution >= 4 is 39.9 Å². The predicted molar refractivity (Wildman–Crippen MR) is 159 cm³/mol. The highest BCUT2D eigenvalue weighted by atomic mass is 35.5. The van der Waals surface area contributed by atoms with E-state index in [1.807, 2.05) is 6.92 Å². The summed E-state index contributed by atoms with van der Waals surface area (Å²) in [5, 5.41) is 14.2. The van der Waals surface area contributed by atoms with E-state index in [0.29, 0.717) is 56.0 Å². The molecule has 13 heteroatoms. The number of nitrogens with zero attached hydrogens (tertiary/aromatic N) is 2. The van der Waals surface area contributed by atoms with Crippen LogP contribution in [-0.2, 0) is 19.6 Å². The smallest absolute Gasteiger partial charge is 0.249 e. The molecule has 41 heavy (non-hydrogen) atoms. The van der Waals surface area contributed by atoms with Crippen molar-refractivity contribution < 1.29 is 32.6 Å². The molecular weight excluding hydrogens is 572 g/mol. The highest BCUT2D eigenvalue weighted by Gasteiger charge is 2.57. The molecule has 1 aliphatic carbocycles. The van der Waals surface area contributed by atoms with Crippen LogP contribution in [-0.4, -0.2) is 98.5 Å². The molecule has 1 aromatic rings. The number of hydrogen-bond donors (Lipinski definition) is 3. The molecule has 2 amide bonds. The van der Waals surface area contributed by atoms with E-state index < -0.39 is 27.2 Å². The maximum Gasteiger partial charge on any atom is 0.249 e. The van der Waals surface area contributed by atoms with Crippen LogP contribution in [0, 0.1) is 0 Å². The van der Waals surface area contributed by atoms with E-state index in [2.05, 4.69) is 14.9 Å². The number of likely N-dealkylation sites (N-methyl/N-ethyl adjacent to an activating group) is 1. The fourth-order valence-electron chi connectivity index (χ4n) is 6.42. The van der Waals surface area contributed by atoms with Crippen LogP contribution in [0.3, 0.4) is 0 Å². The maximum atomic E-state index is 13.5.